The first kappa shape index (κ1) is 13.4. The molecule has 3 amide bonds. The molecule has 0 saturated heterocycles. The number of hydrogen-bond acceptors (Lipinski definition) is 3. The summed E-state index contributed by atoms with van der Waals surface area (Å²) in [6, 6.07) is 5.40. The van der Waals surface area contributed by atoms with Gasteiger partial charge >= 0.3 is 6.03 Å². The first-order chi connectivity index (χ1) is 10.1. The fourth-order valence-electron chi connectivity index (χ4n) is 2.65. The number of fused-ring (bicyclic) bond motifs is 3. The predicted octanol–water partition coefficient (Wildman–Crippen LogP) is 1.83. The van der Waals surface area contributed by atoms with Gasteiger partial charge in [0.05, 0.1) is 12.2 Å². The fourth-order valence-corrected chi connectivity index (χ4v) is 2.65. The van der Waals surface area contributed by atoms with Gasteiger partial charge in [-0.2, -0.15) is 0 Å². The highest BCUT2D eigenvalue weighted by Gasteiger charge is 2.36. The number of hydrogen-bond donors (Lipinski definition) is 1. The van der Waals surface area contributed by atoms with Gasteiger partial charge in [0.2, 0.25) is 5.91 Å². The molecule has 0 aromatic heterocycles. The molecule has 0 unspecified atom stereocenters. The van der Waals surface area contributed by atoms with Crippen molar-refractivity contribution >= 4 is 29.1 Å². The van der Waals surface area contributed by atoms with Crippen molar-refractivity contribution in [2.75, 3.05) is 29.9 Å². The Hall–Kier alpha value is -2.63. The Bertz CT molecular complexity index is 666. The summed E-state index contributed by atoms with van der Waals surface area (Å²) < 4.78 is 0. The molecule has 1 aromatic rings. The summed E-state index contributed by atoms with van der Waals surface area (Å²) in [6.07, 6.45) is 1.70. The van der Waals surface area contributed by atoms with Gasteiger partial charge in [-0.1, -0.05) is 6.08 Å². The third-order valence-electron chi connectivity index (χ3n) is 3.46. The zero-order valence-electron chi connectivity index (χ0n) is 11.8. The molecule has 6 heteroatoms. The van der Waals surface area contributed by atoms with Crippen LogP contribution < -0.4 is 10.2 Å². The van der Waals surface area contributed by atoms with Crippen molar-refractivity contribution in [3.63, 3.8) is 0 Å². The van der Waals surface area contributed by atoms with Crippen molar-refractivity contribution in [1.82, 2.24) is 4.90 Å². The molecule has 2 aliphatic rings. The van der Waals surface area contributed by atoms with Gasteiger partial charge in [-0.25, -0.2) is 4.79 Å². The lowest BCUT2D eigenvalue weighted by Crippen LogP contribution is -2.49. The molecule has 0 bridgehead atoms. The summed E-state index contributed by atoms with van der Waals surface area (Å²) in [5.74, 6) is 0.553. The number of amides is 3. The second-order valence-electron chi connectivity index (χ2n) is 4.95. The minimum atomic E-state index is -0.130. The molecule has 21 heavy (non-hydrogen) atoms. The van der Waals surface area contributed by atoms with Crippen LogP contribution in [0.3, 0.4) is 0 Å². The average Bonchev–Trinajstić information content (AvgIpc) is 2.92. The van der Waals surface area contributed by atoms with Crippen LogP contribution in [-0.4, -0.2) is 42.3 Å². The van der Waals surface area contributed by atoms with Gasteiger partial charge in [-0.05, 0) is 18.2 Å². The second kappa shape index (κ2) is 5.05. The molecule has 0 radical (unpaired) electrons. The molecule has 0 atom stereocenters. The molecule has 0 aliphatic carbocycles. The number of anilines is 2. The SMILES string of the molecule is C=CCN1C(=O)N2CCN=C2c2cc(NC(C)=O)ccc21. The van der Waals surface area contributed by atoms with Crippen molar-refractivity contribution in [3.8, 4) is 0 Å². The number of urea groups is 1. The summed E-state index contributed by atoms with van der Waals surface area (Å²) in [7, 11) is 0. The van der Waals surface area contributed by atoms with Crippen molar-refractivity contribution < 1.29 is 9.59 Å². The summed E-state index contributed by atoms with van der Waals surface area (Å²) in [4.78, 5) is 31.4. The summed E-state index contributed by atoms with van der Waals surface area (Å²) in [5, 5.41) is 2.76. The lowest BCUT2D eigenvalue weighted by molar-refractivity contribution is -0.114. The van der Waals surface area contributed by atoms with E-state index in [1.807, 2.05) is 12.1 Å². The molecule has 1 aromatic carbocycles. The van der Waals surface area contributed by atoms with E-state index in [-0.39, 0.29) is 11.9 Å². The van der Waals surface area contributed by atoms with Crippen molar-refractivity contribution in [2.24, 2.45) is 4.99 Å². The zero-order valence-corrected chi connectivity index (χ0v) is 11.8. The fraction of sp³-hybridized carbons (Fsp3) is 0.267. The maximum atomic E-state index is 12.5. The van der Waals surface area contributed by atoms with Crippen LogP contribution >= 0.6 is 0 Å². The average molecular weight is 284 g/mol. The molecule has 2 heterocycles. The van der Waals surface area contributed by atoms with E-state index in [2.05, 4.69) is 16.9 Å². The van der Waals surface area contributed by atoms with Crippen LogP contribution in [-0.2, 0) is 4.79 Å². The lowest BCUT2D eigenvalue weighted by atomic mass is 10.1. The Morgan fingerprint density at radius 3 is 3.05 bits per heavy atom. The van der Waals surface area contributed by atoms with E-state index < -0.39 is 0 Å². The predicted molar refractivity (Wildman–Crippen MR) is 81.8 cm³/mol. The van der Waals surface area contributed by atoms with Crippen LogP contribution in [0.1, 0.15) is 12.5 Å². The van der Waals surface area contributed by atoms with Crippen molar-refractivity contribution in [2.45, 2.75) is 6.92 Å². The smallest absolute Gasteiger partial charge is 0.326 e. The van der Waals surface area contributed by atoms with E-state index in [0.717, 1.165) is 11.3 Å². The molecule has 2 aliphatic heterocycles. The Balaban J connectivity index is 2.10. The molecule has 0 spiro atoms. The monoisotopic (exact) mass is 284 g/mol. The highest BCUT2D eigenvalue weighted by molar-refractivity contribution is 6.20. The summed E-state index contributed by atoms with van der Waals surface area (Å²) in [5.41, 5.74) is 2.36. The molecule has 6 nitrogen and oxygen atoms in total. The minimum Gasteiger partial charge on any atom is -0.326 e. The summed E-state index contributed by atoms with van der Waals surface area (Å²) >= 11 is 0. The van der Waals surface area contributed by atoms with E-state index in [0.29, 0.717) is 31.2 Å². The maximum Gasteiger partial charge on any atom is 0.330 e. The van der Waals surface area contributed by atoms with Crippen LogP contribution in [0.25, 0.3) is 0 Å². The number of rotatable bonds is 3. The van der Waals surface area contributed by atoms with E-state index >= 15 is 0 Å². The van der Waals surface area contributed by atoms with Gasteiger partial charge in [0.1, 0.15) is 5.84 Å². The number of carbonyl (C=O) groups is 2. The first-order valence-corrected chi connectivity index (χ1v) is 6.78. The Morgan fingerprint density at radius 1 is 1.52 bits per heavy atom. The highest BCUT2D eigenvalue weighted by Crippen LogP contribution is 2.32. The van der Waals surface area contributed by atoms with Gasteiger partial charge in [0, 0.05) is 31.3 Å². The van der Waals surface area contributed by atoms with E-state index in [4.69, 9.17) is 0 Å². The molecule has 108 valence electrons. The number of carbonyl (C=O) groups excluding carboxylic acids is 2. The molecular weight excluding hydrogens is 268 g/mol. The van der Waals surface area contributed by atoms with Gasteiger partial charge in [0.25, 0.3) is 0 Å². The topological polar surface area (TPSA) is 65.0 Å². The highest BCUT2D eigenvalue weighted by atomic mass is 16.2. The van der Waals surface area contributed by atoms with Gasteiger partial charge in [-0.3, -0.25) is 19.6 Å². The normalized spacial score (nSPS) is 16.2. The number of amidine groups is 1. The Morgan fingerprint density at radius 2 is 2.33 bits per heavy atom. The Kier molecular flexibility index (Phi) is 3.21. The number of nitrogens with one attached hydrogen (secondary N) is 1. The standard InChI is InChI=1S/C15H16N4O2/c1-3-7-18-13-5-4-11(17-10(2)20)9-12(13)14-16-6-8-19(14)15(18)21/h3-5,9H,1,6-8H2,2H3,(H,17,20). The van der Waals surface area contributed by atoms with E-state index in [9.17, 15) is 9.59 Å². The van der Waals surface area contributed by atoms with E-state index in [1.54, 1.807) is 21.9 Å². The van der Waals surface area contributed by atoms with Crippen molar-refractivity contribution in [1.29, 1.82) is 0 Å². The summed E-state index contributed by atoms with van der Waals surface area (Å²) in [6.45, 7) is 6.80. The maximum absolute atomic E-state index is 12.5. The van der Waals surface area contributed by atoms with E-state index in [1.165, 1.54) is 6.92 Å². The second-order valence-corrected chi connectivity index (χ2v) is 4.95. The van der Waals surface area contributed by atoms with Crippen LogP contribution in [0.15, 0.2) is 35.8 Å². The third kappa shape index (κ3) is 2.18. The van der Waals surface area contributed by atoms with Gasteiger partial charge < -0.3 is 5.32 Å². The van der Waals surface area contributed by atoms with Gasteiger partial charge in [-0.15, -0.1) is 6.58 Å². The lowest BCUT2D eigenvalue weighted by Gasteiger charge is -2.35. The third-order valence-corrected chi connectivity index (χ3v) is 3.46. The number of aliphatic imine (C=N–C) groups is 1. The minimum absolute atomic E-state index is 0.0778. The first-order valence-electron chi connectivity index (χ1n) is 6.78. The quantitative estimate of drug-likeness (QED) is 0.861. The van der Waals surface area contributed by atoms with Gasteiger partial charge in [0.15, 0.2) is 0 Å². The van der Waals surface area contributed by atoms with Crippen LogP contribution in [0.4, 0.5) is 16.2 Å². The van der Waals surface area contributed by atoms with Crippen LogP contribution in [0, 0.1) is 0 Å². The molecule has 3 rings (SSSR count). The molecular formula is C15H16N4O2. The Labute approximate surface area is 122 Å². The molecule has 1 N–H and O–H groups in total. The van der Waals surface area contributed by atoms with Crippen molar-refractivity contribution in [3.05, 3.63) is 36.4 Å². The number of benzene rings is 1. The van der Waals surface area contributed by atoms with Crippen LogP contribution in [0.2, 0.25) is 0 Å². The number of nitrogens with zero attached hydrogens (tertiary/aromatic N) is 3. The molecule has 0 saturated carbocycles. The molecule has 0 fully saturated rings. The largest absolute Gasteiger partial charge is 0.330 e. The zero-order chi connectivity index (χ0) is 15.0. The van der Waals surface area contributed by atoms with Crippen LogP contribution in [0.5, 0.6) is 0 Å².